The van der Waals surface area contributed by atoms with E-state index in [9.17, 15) is 14.4 Å². The summed E-state index contributed by atoms with van der Waals surface area (Å²) in [4.78, 5) is 41.7. The average Bonchev–Trinajstić information content (AvgIpc) is 2.86. The Hall–Kier alpha value is -3.70. The van der Waals surface area contributed by atoms with E-state index in [0.717, 1.165) is 0 Å². The topological polar surface area (TPSA) is 132 Å². The number of amides is 1. The molecule has 0 bridgehead atoms. The quantitative estimate of drug-likeness (QED) is 0.560. The molecule has 2 aromatic rings. The zero-order valence-corrected chi connectivity index (χ0v) is 20.6. The summed E-state index contributed by atoms with van der Waals surface area (Å²) < 4.78 is 33.4. The largest absolute Gasteiger partial charge is 0.493 e. The van der Waals surface area contributed by atoms with Crippen LogP contribution in [0.25, 0.3) is 0 Å². The number of rotatable bonds is 7. The second-order valence-electron chi connectivity index (χ2n) is 7.99. The molecule has 0 saturated carbocycles. The molecule has 1 saturated heterocycles. The predicted octanol–water partition coefficient (Wildman–Crippen LogP) is 1.93. The number of ether oxygens (including phenoxy) is 6. The van der Waals surface area contributed by atoms with Crippen LogP contribution in [0.5, 0.6) is 17.2 Å². The van der Waals surface area contributed by atoms with Gasteiger partial charge in [0.25, 0.3) is 5.91 Å². The molecule has 1 fully saturated rings. The number of hydrogen-bond donors (Lipinski definition) is 1. The summed E-state index contributed by atoms with van der Waals surface area (Å²) in [6.45, 7) is 3.19. The molecule has 4 atom stereocenters. The summed E-state index contributed by atoms with van der Waals surface area (Å²) in [5.41, 5.74) is -0.215. The molecule has 0 unspecified atom stereocenters. The van der Waals surface area contributed by atoms with E-state index in [1.165, 1.54) is 33.4 Å². The van der Waals surface area contributed by atoms with Crippen molar-refractivity contribution in [2.24, 2.45) is 0 Å². The Balaban J connectivity index is 1.79. The molecular weight excluding hydrogens is 472 g/mol. The fourth-order valence-corrected chi connectivity index (χ4v) is 3.63. The Labute approximate surface area is 209 Å². The number of carbonyl (C=O) groups is 3. The van der Waals surface area contributed by atoms with Crippen molar-refractivity contribution in [2.75, 3.05) is 27.4 Å². The zero-order chi connectivity index (χ0) is 26.1. The van der Waals surface area contributed by atoms with E-state index in [0.29, 0.717) is 5.75 Å². The lowest BCUT2D eigenvalue weighted by atomic mass is 10.1. The van der Waals surface area contributed by atoms with Crippen LogP contribution in [-0.4, -0.2) is 74.6 Å². The van der Waals surface area contributed by atoms with Crippen LogP contribution in [0.2, 0.25) is 0 Å². The van der Waals surface area contributed by atoms with Crippen LogP contribution < -0.4 is 19.5 Å². The maximum atomic E-state index is 13.1. The first-order chi connectivity index (χ1) is 17.3. The third kappa shape index (κ3) is 6.92. The van der Waals surface area contributed by atoms with Crippen molar-refractivity contribution in [2.45, 2.75) is 44.6 Å². The second kappa shape index (κ2) is 12.8. The highest BCUT2D eigenvalue weighted by Crippen LogP contribution is 2.30. The van der Waals surface area contributed by atoms with Crippen LogP contribution in [0.4, 0.5) is 0 Å². The van der Waals surface area contributed by atoms with Crippen molar-refractivity contribution < 1.29 is 42.8 Å². The molecular formula is C25H30N2O9. The van der Waals surface area contributed by atoms with E-state index in [4.69, 9.17) is 28.4 Å². The van der Waals surface area contributed by atoms with Crippen LogP contribution >= 0.6 is 0 Å². The summed E-state index contributed by atoms with van der Waals surface area (Å²) >= 11 is 0. The Morgan fingerprint density at radius 3 is 2.56 bits per heavy atom. The van der Waals surface area contributed by atoms with Gasteiger partial charge in [-0.1, -0.05) is 18.2 Å². The first kappa shape index (κ1) is 26.9. The normalized spacial score (nSPS) is 22.6. The highest BCUT2D eigenvalue weighted by atomic mass is 16.6. The number of methoxy groups -OCH3 is 2. The van der Waals surface area contributed by atoms with Crippen LogP contribution in [0.3, 0.4) is 0 Å². The lowest BCUT2D eigenvalue weighted by molar-refractivity contribution is -0.165. The SMILES string of the molecule is COc1ccnc(C(=O)N[C@H]2CCOC[C@H](OC)[C@@H](Oc3ccccc3)[C@H](C)OC2=O)c1OC(C)=O. The van der Waals surface area contributed by atoms with E-state index in [1.54, 1.807) is 19.1 Å². The van der Waals surface area contributed by atoms with Gasteiger partial charge in [-0.05, 0) is 19.1 Å². The lowest BCUT2D eigenvalue weighted by Gasteiger charge is -2.33. The lowest BCUT2D eigenvalue weighted by Crippen LogP contribution is -2.50. The first-order valence-corrected chi connectivity index (χ1v) is 11.4. The van der Waals surface area contributed by atoms with E-state index >= 15 is 0 Å². The standard InChI is InChI=1S/C25H30N2O9/c1-15-22(36-17-8-6-5-7-9-17)20(32-4)14-33-13-11-18(25(30)34-15)27-24(29)21-23(35-16(2)28)19(31-3)10-12-26-21/h5-10,12,15,18,20,22H,11,13-14H2,1-4H3,(H,27,29)/t15-,18-,20-,22-/m0/s1. The van der Waals surface area contributed by atoms with E-state index in [1.807, 2.05) is 18.2 Å². The number of esters is 2. The Morgan fingerprint density at radius 2 is 1.89 bits per heavy atom. The van der Waals surface area contributed by atoms with Crippen molar-refractivity contribution in [3.05, 3.63) is 48.3 Å². The van der Waals surface area contributed by atoms with E-state index in [2.05, 4.69) is 10.3 Å². The van der Waals surface area contributed by atoms with Crippen molar-refractivity contribution in [1.29, 1.82) is 0 Å². The number of hydrogen-bond acceptors (Lipinski definition) is 10. The number of aromatic nitrogens is 1. The zero-order valence-electron chi connectivity index (χ0n) is 20.6. The molecule has 1 aliphatic heterocycles. The van der Waals surface area contributed by atoms with Crippen molar-refractivity contribution in [1.82, 2.24) is 10.3 Å². The number of benzene rings is 1. The number of pyridine rings is 1. The van der Waals surface area contributed by atoms with Gasteiger partial charge in [0.2, 0.25) is 5.75 Å². The minimum absolute atomic E-state index is 0.130. The van der Waals surface area contributed by atoms with Gasteiger partial charge in [0.1, 0.15) is 24.0 Å². The first-order valence-electron chi connectivity index (χ1n) is 11.4. The van der Waals surface area contributed by atoms with Gasteiger partial charge in [0, 0.05) is 39.3 Å². The fourth-order valence-electron chi connectivity index (χ4n) is 3.63. The van der Waals surface area contributed by atoms with Gasteiger partial charge >= 0.3 is 11.9 Å². The molecule has 36 heavy (non-hydrogen) atoms. The third-order valence-electron chi connectivity index (χ3n) is 5.42. The van der Waals surface area contributed by atoms with Gasteiger partial charge in [0.15, 0.2) is 17.5 Å². The minimum atomic E-state index is -1.06. The smallest absolute Gasteiger partial charge is 0.329 e. The van der Waals surface area contributed by atoms with Gasteiger partial charge < -0.3 is 33.7 Å². The van der Waals surface area contributed by atoms with Gasteiger partial charge in [-0.25, -0.2) is 9.78 Å². The van der Waals surface area contributed by atoms with Gasteiger partial charge in [0.05, 0.1) is 13.7 Å². The number of nitrogens with one attached hydrogen (secondary N) is 1. The van der Waals surface area contributed by atoms with Crippen molar-refractivity contribution in [3.63, 3.8) is 0 Å². The summed E-state index contributed by atoms with van der Waals surface area (Å²) in [6.07, 6.45) is -0.466. The van der Waals surface area contributed by atoms with Crippen molar-refractivity contribution in [3.8, 4) is 17.2 Å². The number of carbonyl (C=O) groups excluding carboxylic acids is 3. The summed E-state index contributed by atoms with van der Waals surface area (Å²) in [6, 6.07) is 9.46. The minimum Gasteiger partial charge on any atom is -0.493 e. The second-order valence-corrected chi connectivity index (χ2v) is 7.99. The fraction of sp³-hybridized carbons (Fsp3) is 0.440. The number of para-hydroxylation sites is 1. The molecule has 194 valence electrons. The molecule has 1 aromatic heterocycles. The third-order valence-corrected chi connectivity index (χ3v) is 5.42. The maximum Gasteiger partial charge on any atom is 0.329 e. The molecule has 1 aliphatic rings. The molecule has 1 amide bonds. The van der Waals surface area contributed by atoms with E-state index < -0.39 is 42.2 Å². The number of nitrogens with zero attached hydrogens (tertiary/aromatic N) is 1. The summed E-state index contributed by atoms with van der Waals surface area (Å²) in [5, 5.41) is 2.60. The molecule has 0 radical (unpaired) electrons. The molecule has 1 N–H and O–H groups in total. The highest BCUT2D eigenvalue weighted by Gasteiger charge is 2.36. The maximum absolute atomic E-state index is 13.1. The number of cyclic esters (lactones) is 1. The van der Waals surface area contributed by atoms with E-state index in [-0.39, 0.29) is 36.8 Å². The Kier molecular flexibility index (Phi) is 9.60. The van der Waals surface area contributed by atoms with Crippen LogP contribution in [-0.2, 0) is 23.8 Å². The van der Waals surface area contributed by atoms with Gasteiger partial charge in [-0.3, -0.25) is 9.59 Å². The summed E-state index contributed by atoms with van der Waals surface area (Å²) in [7, 11) is 2.89. The Bertz CT molecular complexity index is 1050. The van der Waals surface area contributed by atoms with Crippen LogP contribution in [0.15, 0.2) is 42.6 Å². The molecule has 1 aromatic carbocycles. The van der Waals surface area contributed by atoms with Crippen molar-refractivity contribution >= 4 is 17.8 Å². The van der Waals surface area contributed by atoms with Crippen LogP contribution in [0, 0.1) is 0 Å². The van der Waals surface area contributed by atoms with Gasteiger partial charge in [-0.15, -0.1) is 0 Å². The van der Waals surface area contributed by atoms with Crippen LogP contribution in [0.1, 0.15) is 30.8 Å². The monoisotopic (exact) mass is 502 g/mol. The molecule has 11 heteroatoms. The molecule has 11 nitrogen and oxygen atoms in total. The molecule has 3 rings (SSSR count). The Morgan fingerprint density at radius 1 is 1.14 bits per heavy atom. The highest BCUT2D eigenvalue weighted by molar-refractivity contribution is 5.98. The molecule has 0 spiro atoms. The average molecular weight is 503 g/mol. The molecule has 0 aliphatic carbocycles. The predicted molar refractivity (Wildman–Crippen MR) is 126 cm³/mol. The summed E-state index contributed by atoms with van der Waals surface area (Å²) in [5.74, 6) is -1.52. The molecule has 2 heterocycles. The van der Waals surface area contributed by atoms with Gasteiger partial charge in [-0.2, -0.15) is 0 Å².